The van der Waals surface area contributed by atoms with Crippen LogP contribution in [0, 0.1) is 28.6 Å². The van der Waals surface area contributed by atoms with Gasteiger partial charge in [-0.25, -0.2) is 0 Å². The van der Waals surface area contributed by atoms with E-state index in [9.17, 15) is 29.4 Å². The molecule has 4 aliphatic carbocycles. The summed E-state index contributed by atoms with van der Waals surface area (Å²) in [5.41, 5.74) is -1.05. The summed E-state index contributed by atoms with van der Waals surface area (Å²) in [6, 6.07) is 0. The van der Waals surface area contributed by atoms with Crippen LogP contribution in [0.3, 0.4) is 0 Å². The van der Waals surface area contributed by atoms with Gasteiger partial charge >= 0.3 is 11.9 Å². The van der Waals surface area contributed by atoms with Gasteiger partial charge in [0.05, 0.1) is 25.0 Å². The first-order valence-corrected chi connectivity index (χ1v) is 13.9. The second kappa shape index (κ2) is 10.9. The first-order valence-electron chi connectivity index (χ1n) is 13.9. The Morgan fingerprint density at radius 1 is 1.13 bits per heavy atom. The molecule has 0 amide bonds. The molecule has 10 nitrogen and oxygen atoms in total. The maximum absolute atomic E-state index is 13.2. The highest BCUT2D eigenvalue weighted by Crippen LogP contribution is 2.69. The molecule has 0 spiro atoms. The number of ether oxygens (including phenoxy) is 2. The van der Waals surface area contributed by atoms with Gasteiger partial charge in [-0.2, -0.15) is 0 Å². The summed E-state index contributed by atoms with van der Waals surface area (Å²) in [4.78, 5) is 44.5. The Morgan fingerprint density at radius 3 is 2.38 bits per heavy atom. The van der Waals surface area contributed by atoms with Crippen molar-refractivity contribution >= 4 is 23.5 Å². The summed E-state index contributed by atoms with van der Waals surface area (Å²) >= 11 is 0. The molecule has 0 radical (unpaired) electrons. The maximum atomic E-state index is 13.2. The molecule has 3 saturated carbocycles. The van der Waals surface area contributed by atoms with Crippen LogP contribution in [0.5, 0.6) is 0 Å². The summed E-state index contributed by atoms with van der Waals surface area (Å²) in [6.07, 6.45) is 7.72. The predicted molar refractivity (Wildman–Crippen MR) is 137 cm³/mol. The highest BCUT2D eigenvalue weighted by molar-refractivity contribution is 6.01. The number of hydrogen-bond donors (Lipinski definition) is 4. The smallest absolute Gasteiger partial charge is 0.303 e. The average molecular weight is 549 g/mol. The van der Waals surface area contributed by atoms with Crippen molar-refractivity contribution in [1.29, 1.82) is 0 Å². The summed E-state index contributed by atoms with van der Waals surface area (Å²) < 4.78 is 12.7. The van der Waals surface area contributed by atoms with Crippen molar-refractivity contribution in [2.45, 2.75) is 96.2 Å². The van der Waals surface area contributed by atoms with E-state index >= 15 is 0 Å². The maximum Gasteiger partial charge on any atom is 0.303 e. The number of hydrogen-bond acceptors (Lipinski definition) is 8. The Balaban J connectivity index is 0.000000386. The van der Waals surface area contributed by atoms with Gasteiger partial charge in [-0.05, 0) is 56.1 Å². The highest BCUT2D eigenvalue weighted by atomic mass is 16.7. The van der Waals surface area contributed by atoms with E-state index in [2.05, 4.69) is 20.8 Å². The third-order valence-corrected chi connectivity index (χ3v) is 9.92. The van der Waals surface area contributed by atoms with Crippen molar-refractivity contribution in [3.63, 3.8) is 0 Å². The van der Waals surface area contributed by atoms with Gasteiger partial charge in [-0.1, -0.05) is 38.8 Å². The van der Waals surface area contributed by atoms with Crippen LogP contribution in [0.2, 0.25) is 0 Å². The molecule has 10 heteroatoms. The second-order valence-electron chi connectivity index (χ2n) is 12.0. The first-order chi connectivity index (χ1) is 18.3. The molecule has 4 fully saturated rings. The van der Waals surface area contributed by atoms with Crippen LogP contribution < -0.4 is 0 Å². The van der Waals surface area contributed by atoms with Gasteiger partial charge < -0.3 is 29.9 Å². The molecule has 0 aromatic rings. The van der Waals surface area contributed by atoms with Crippen LogP contribution in [-0.4, -0.2) is 74.6 Å². The Kier molecular flexibility index (Phi) is 8.25. The fourth-order valence-electron chi connectivity index (χ4n) is 8.34. The zero-order valence-corrected chi connectivity index (χ0v) is 22.8. The minimum atomic E-state index is -1.20. The molecule has 39 heavy (non-hydrogen) atoms. The molecule has 5 aliphatic rings. The lowest BCUT2D eigenvalue weighted by Crippen LogP contribution is -2.63. The number of aliphatic hydroxyl groups is 2. The monoisotopic (exact) mass is 548 g/mol. The fraction of sp³-hybridized carbons (Fsp3) is 0.724. The minimum Gasteiger partial charge on any atom is -0.481 e. The van der Waals surface area contributed by atoms with Crippen molar-refractivity contribution in [3.05, 3.63) is 23.8 Å². The number of carbonyl (C=O) groups is 4. The number of fused-ring (bicyclic) bond motifs is 7. The predicted octanol–water partition coefficient (Wildman–Crippen LogP) is 2.65. The average Bonchev–Trinajstić information content (AvgIpc) is 3.35. The van der Waals surface area contributed by atoms with Crippen molar-refractivity contribution in [2.75, 3.05) is 6.61 Å². The van der Waals surface area contributed by atoms with E-state index in [4.69, 9.17) is 19.7 Å². The number of rotatable bonds is 7. The molecule has 1 heterocycles. The van der Waals surface area contributed by atoms with Gasteiger partial charge in [0.15, 0.2) is 23.5 Å². The highest BCUT2D eigenvalue weighted by Gasteiger charge is 2.75. The Bertz CT molecular complexity index is 1070. The van der Waals surface area contributed by atoms with Crippen molar-refractivity contribution < 1.29 is 49.1 Å². The van der Waals surface area contributed by atoms with E-state index < -0.39 is 48.1 Å². The molecule has 1 saturated heterocycles. The quantitative estimate of drug-likeness (QED) is 0.371. The largest absolute Gasteiger partial charge is 0.481 e. The van der Waals surface area contributed by atoms with Gasteiger partial charge in [-0.3, -0.25) is 19.2 Å². The number of carboxylic acid groups (broad SMARTS) is 2. The van der Waals surface area contributed by atoms with Crippen LogP contribution in [0.25, 0.3) is 0 Å². The molecule has 0 bridgehead atoms. The molecular weight excluding hydrogens is 508 g/mol. The normalized spacial score (nSPS) is 41.8. The third-order valence-electron chi connectivity index (χ3n) is 9.92. The molecule has 1 aliphatic heterocycles. The van der Waals surface area contributed by atoms with Crippen LogP contribution in [-0.2, 0) is 28.7 Å². The van der Waals surface area contributed by atoms with Gasteiger partial charge in [0.2, 0.25) is 0 Å². The van der Waals surface area contributed by atoms with Gasteiger partial charge in [0.25, 0.3) is 0 Å². The summed E-state index contributed by atoms with van der Waals surface area (Å²) in [5, 5.41) is 37.2. The van der Waals surface area contributed by atoms with Gasteiger partial charge in [0.1, 0.15) is 6.61 Å². The van der Waals surface area contributed by atoms with Crippen molar-refractivity contribution in [3.8, 4) is 0 Å². The number of aliphatic hydroxyl groups excluding tert-OH is 2. The minimum absolute atomic E-state index is 0.0125. The van der Waals surface area contributed by atoms with E-state index in [1.54, 1.807) is 12.2 Å². The molecule has 4 N–H and O–H groups in total. The van der Waals surface area contributed by atoms with E-state index in [1.807, 2.05) is 6.08 Å². The van der Waals surface area contributed by atoms with E-state index in [1.165, 1.54) is 0 Å². The molecule has 1 unspecified atom stereocenters. The van der Waals surface area contributed by atoms with Gasteiger partial charge in [0, 0.05) is 16.7 Å². The summed E-state index contributed by atoms with van der Waals surface area (Å²) in [7, 11) is 0. The topological polar surface area (TPSA) is 168 Å². The number of carboxylic acids is 2. The lowest BCUT2D eigenvalue weighted by Gasteiger charge is -2.59. The Labute approximate surface area is 228 Å². The van der Waals surface area contributed by atoms with Gasteiger partial charge in [-0.15, -0.1) is 0 Å². The number of aliphatic carboxylic acids is 2. The molecule has 9 atom stereocenters. The lowest BCUT2D eigenvalue weighted by atomic mass is 9.46. The zero-order valence-electron chi connectivity index (χ0n) is 22.8. The SMILES string of the molecule is CCCC1O[C@@H]2C[C@H]3[C@@H]4CCC5=CC(=O)C=C[C@]5(C)[C@H]4[C@@H](O)C[C@]3(C)[C@]2(C(=O)CO)O1.O=C(O)CCC(=O)O. The number of Topliss-reactive ketones (excluding diaryl/α,β-unsaturated/α-hetero) is 1. The van der Waals surface area contributed by atoms with Crippen LogP contribution in [0.1, 0.15) is 72.1 Å². The summed E-state index contributed by atoms with van der Waals surface area (Å²) in [5.74, 6) is -2.13. The van der Waals surface area contributed by atoms with Crippen LogP contribution in [0.4, 0.5) is 0 Å². The standard InChI is InChI=1S/C25H34O6.C4H6O4/c1-4-5-21-30-20-11-17-16-7-6-14-10-15(27)8-9-23(14,2)22(16)18(28)12-24(17,3)25(20,31-21)19(29)13-26;5-3(6)1-2-4(7)8/h8-10,16-18,20-22,26,28H,4-7,11-13H2,1-3H3;1-2H2,(H,5,6)(H,7,8)/t16-,17-,18-,20+,21?,22+,23-,24-,25+;/m0./s1. The van der Waals surface area contributed by atoms with Crippen LogP contribution >= 0.6 is 0 Å². The Hall–Kier alpha value is -2.40. The van der Waals surface area contributed by atoms with E-state index in [0.717, 1.165) is 24.8 Å². The number of allylic oxidation sites excluding steroid dienone is 4. The fourth-order valence-corrected chi connectivity index (χ4v) is 8.34. The molecule has 0 aromatic heterocycles. The number of ketones is 2. The van der Waals surface area contributed by atoms with E-state index in [-0.39, 0.29) is 47.6 Å². The molecule has 0 aromatic carbocycles. The number of carbonyl (C=O) groups excluding carboxylic acids is 2. The third kappa shape index (κ3) is 4.79. The molecular formula is C29H40O10. The molecule has 5 rings (SSSR count). The van der Waals surface area contributed by atoms with Crippen molar-refractivity contribution in [2.24, 2.45) is 28.6 Å². The molecule has 216 valence electrons. The zero-order chi connectivity index (χ0) is 28.8. The summed E-state index contributed by atoms with van der Waals surface area (Å²) in [6.45, 7) is 5.67. The van der Waals surface area contributed by atoms with E-state index in [0.29, 0.717) is 19.3 Å². The van der Waals surface area contributed by atoms with Crippen molar-refractivity contribution in [1.82, 2.24) is 0 Å². The van der Waals surface area contributed by atoms with Crippen LogP contribution in [0.15, 0.2) is 23.8 Å². The second-order valence-corrected chi connectivity index (χ2v) is 12.0. The first kappa shape index (κ1) is 29.6. The lowest BCUT2D eigenvalue weighted by molar-refractivity contribution is -0.200. The Morgan fingerprint density at radius 2 is 1.79 bits per heavy atom.